The Hall–Kier alpha value is -2.10. The van der Waals surface area contributed by atoms with Crippen LogP contribution in [0.3, 0.4) is 0 Å². The Balaban J connectivity index is 0.00000169. The van der Waals surface area contributed by atoms with Crippen molar-refractivity contribution in [2.75, 3.05) is 13.1 Å². The van der Waals surface area contributed by atoms with Crippen molar-refractivity contribution in [2.24, 2.45) is 5.41 Å². The first-order valence-corrected chi connectivity index (χ1v) is 8.13. The van der Waals surface area contributed by atoms with E-state index in [1.807, 2.05) is 48.7 Å². The number of fused-ring (bicyclic) bond motifs is 1. The van der Waals surface area contributed by atoms with Crippen molar-refractivity contribution in [3.05, 3.63) is 71.9 Å². The highest BCUT2D eigenvalue weighted by atomic mass is 35.5. The molecule has 3 nitrogen and oxygen atoms in total. The van der Waals surface area contributed by atoms with E-state index in [0.29, 0.717) is 0 Å². The number of ketones is 1. The van der Waals surface area contributed by atoms with Gasteiger partial charge in [0.15, 0.2) is 5.78 Å². The molecule has 1 aliphatic heterocycles. The maximum Gasteiger partial charge on any atom is 0.170 e. The van der Waals surface area contributed by atoms with E-state index in [2.05, 4.69) is 22.4 Å². The van der Waals surface area contributed by atoms with Crippen LogP contribution in [-0.2, 0) is 6.42 Å². The van der Waals surface area contributed by atoms with Gasteiger partial charge < -0.3 is 10.3 Å². The number of aromatic amines is 1. The molecule has 0 saturated carbocycles. The molecule has 1 unspecified atom stereocenters. The largest absolute Gasteiger partial charge is 0.361 e. The average Bonchev–Trinajstić information content (AvgIpc) is 3.24. The first kappa shape index (κ1) is 16.7. The van der Waals surface area contributed by atoms with Crippen LogP contribution in [0.2, 0.25) is 0 Å². The normalized spacial score (nSPS) is 20.0. The van der Waals surface area contributed by atoms with Crippen LogP contribution in [0, 0.1) is 5.41 Å². The maximum absolute atomic E-state index is 13.3. The summed E-state index contributed by atoms with van der Waals surface area (Å²) in [7, 11) is 0. The second kappa shape index (κ2) is 6.80. The standard InChI is InChI=1S/C20H20N2O.ClH/c23-19(17-6-7-18-16(12-17)8-10-22-18)20(9-11-21-14-20)13-15-4-2-1-3-5-15;/h1-8,10,12,21-22H,9,11,13-14H2;1H. The highest BCUT2D eigenvalue weighted by Gasteiger charge is 2.41. The Bertz CT molecular complexity index is 835. The molecule has 2 aromatic carbocycles. The van der Waals surface area contributed by atoms with Gasteiger partial charge in [-0.2, -0.15) is 0 Å². The Labute approximate surface area is 147 Å². The molecule has 124 valence electrons. The minimum atomic E-state index is -0.328. The van der Waals surface area contributed by atoms with E-state index in [-0.39, 0.29) is 23.6 Å². The van der Waals surface area contributed by atoms with Gasteiger partial charge in [-0.05, 0) is 49.2 Å². The number of halogens is 1. The highest BCUT2D eigenvalue weighted by Crippen LogP contribution is 2.34. The third-order valence-corrected chi connectivity index (χ3v) is 4.93. The van der Waals surface area contributed by atoms with E-state index < -0.39 is 0 Å². The van der Waals surface area contributed by atoms with Gasteiger partial charge in [-0.1, -0.05) is 30.3 Å². The molecule has 0 amide bonds. The van der Waals surface area contributed by atoms with Crippen molar-refractivity contribution in [3.63, 3.8) is 0 Å². The Morgan fingerprint density at radius 2 is 1.92 bits per heavy atom. The zero-order valence-electron chi connectivity index (χ0n) is 13.4. The third-order valence-electron chi connectivity index (χ3n) is 4.93. The highest BCUT2D eigenvalue weighted by molar-refractivity contribution is 6.03. The summed E-state index contributed by atoms with van der Waals surface area (Å²) in [6.45, 7) is 1.66. The number of aromatic nitrogens is 1. The number of nitrogens with one attached hydrogen (secondary N) is 2. The minimum absolute atomic E-state index is 0. The molecule has 1 aliphatic rings. The van der Waals surface area contributed by atoms with Crippen LogP contribution in [0.15, 0.2) is 60.8 Å². The second-order valence-corrected chi connectivity index (χ2v) is 6.48. The number of benzene rings is 2. The number of rotatable bonds is 4. The van der Waals surface area contributed by atoms with E-state index in [4.69, 9.17) is 0 Å². The number of H-pyrrole nitrogens is 1. The fraction of sp³-hybridized carbons (Fsp3) is 0.250. The number of carbonyl (C=O) groups excluding carboxylic acids is 1. The first-order chi connectivity index (χ1) is 11.3. The van der Waals surface area contributed by atoms with Crippen LogP contribution in [0.4, 0.5) is 0 Å². The van der Waals surface area contributed by atoms with Crippen LogP contribution < -0.4 is 5.32 Å². The van der Waals surface area contributed by atoms with Gasteiger partial charge in [0.05, 0.1) is 5.41 Å². The van der Waals surface area contributed by atoms with Crippen molar-refractivity contribution in [3.8, 4) is 0 Å². The number of Topliss-reactive ketones (excluding diaryl/α,β-unsaturated/α-hetero) is 1. The fourth-order valence-electron chi connectivity index (χ4n) is 3.66. The van der Waals surface area contributed by atoms with Crippen molar-refractivity contribution in [2.45, 2.75) is 12.8 Å². The summed E-state index contributed by atoms with van der Waals surface area (Å²) >= 11 is 0. The summed E-state index contributed by atoms with van der Waals surface area (Å²) in [5.74, 6) is 0.259. The van der Waals surface area contributed by atoms with E-state index in [1.54, 1.807) is 0 Å². The van der Waals surface area contributed by atoms with Crippen molar-refractivity contribution in [1.82, 2.24) is 10.3 Å². The molecule has 0 radical (unpaired) electrons. The SMILES string of the molecule is Cl.O=C(c1ccc2[nH]ccc2c1)C1(Cc2ccccc2)CCNC1. The predicted molar refractivity (Wildman–Crippen MR) is 99.9 cm³/mol. The van der Waals surface area contributed by atoms with Crippen molar-refractivity contribution >= 4 is 29.1 Å². The molecular formula is C20H21ClN2O. The summed E-state index contributed by atoms with van der Waals surface area (Å²) in [5.41, 5.74) is 2.79. The van der Waals surface area contributed by atoms with Crippen LogP contribution >= 0.6 is 12.4 Å². The molecule has 4 rings (SSSR count). The number of carbonyl (C=O) groups is 1. The van der Waals surface area contributed by atoms with Gasteiger partial charge in [0.2, 0.25) is 0 Å². The summed E-state index contributed by atoms with van der Waals surface area (Å²) in [4.78, 5) is 16.5. The van der Waals surface area contributed by atoms with E-state index in [0.717, 1.165) is 42.4 Å². The molecule has 24 heavy (non-hydrogen) atoms. The zero-order valence-corrected chi connectivity index (χ0v) is 14.2. The molecule has 1 aromatic heterocycles. The van der Waals surface area contributed by atoms with E-state index in [9.17, 15) is 4.79 Å². The van der Waals surface area contributed by atoms with Crippen molar-refractivity contribution in [1.29, 1.82) is 0 Å². The van der Waals surface area contributed by atoms with Crippen LogP contribution in [0.25, 0.3) is 10.9 Å². The molecule has 1 atom stereocenters. The van der Waals surface area contributed by atoms with Gasteiger partial charge in [-0.3, -0.25) is 4.79 Å². The Morgan fingerprint density at radius 3 is 2.67 bits per heavy atom. The molecule has 2 heterocycles. The molecule has 1 saturated heterocycles. The lowest BCUT2D eigenvalue weighted by Crippen LogP contribution is -2.35. The monoisotopic (exact) mass is 340 g/mol. The topological polar surface area (TPSA) is 44.9 Å². The fourth-order valence-corrected chi connectivity index (χ4v) is 3.66. The molecule has 1 fully saturated rings. The van der Waals surface area contributed by atoms with Gasteiger partial charge >= 0.3 is 0 Å². The maximum atomic E-state index is 13.3. The van der Waals surface area contributed by atoms with Gasteiger partial charge in [-0.15, -0.1) is 12.4 Å². The lowest BCUT2D eigenvalue weighted by molar-refractivity contribution is 0.0816. The van der Waals surface area contributed by atoms with Gasteiger partial charge in [0, 0.05) is 29.2 Å². The Morgan fingerprint density at radius 1 is 1.08 bits per heavy atom. The molecule has 0 spiro atoms. The number of hydrogen-bond acceptors (Lipinski definition) is 2. The summed E-state index contributed by atoms with van der Waals surface area (Å²) in [6.07, 6.45) is 3.60. The minimum Gasteiger partial charge on any atom is -0.361 e. The summed E-state index contributed by atoms with van der Waals surface area (Å²) in [6, 6.07) is 18.3. The summed E-state index contributed by atoms with van der Waals surface area (Å²) < 4.78 is 0. The van der Waals surface area contributed by atoms with Crippen molar-refractivity contribution < 1.29 is 4.79 Å². The van der Waals surface area contributed by atoms with Crippen LogP contribution in [0.5, 0.6) is 0 Å². The second-order valence-electron chi connectivity index (χ2n) is 6.48. The van der Waals surface area contributed by atoms with Gasteiger partial charge in [0.1, 0.15) is 0 Å². The smallest absolute Gasteiger partial charge is 0.170 e. The van der Waals surface area contributed by atoms with E-state index >= 15 is 0 Å². The summed E-state index contributed by atoms with van der Waals surface area (Å²) in [5, 5.41) is 4.48. The molecule has 0 bridgehead atoms. The zero-order chi connectivity index (χ0) is 15.7. The molecular weight excluding hydrogens is 320 g/mol. The van der Waals surface area contributed by atoms with E-state index in [1.165, 1.54) is 5.56 Å². The predicted octanol–water partition coefficient (Wildman–Crippen LogP) is 3.99. The third kappa shape index (κ3) is 2.97. The molecule has 4 heteroatoms. The Kier molecular flexibility index (Phi) is 4.74. The molecule has 2 N–H and O–H groups in total. The molecule has 3 aromatic rings. The molecule has 0 aliphatic carbocycles. The van der Waals surface area contributed by atoms with Gasteiger partial charge in [-0.25, -0.2) is 0 Å². The number of hydrogen-bond donors (Lipinski definition) is 2. The van der Waals surface area contributed by atoms with Crippen LogP contribution in [-0.4, -0.2) is 23.9 Å². The average molecular weight is 341 g/mol. The lowest BCUT2D eigenvalue weighted by Gasteiger charge is -2.27. The first-order valence-electron chi connectivity index (χ1n) is 8.13. The quantitative estimate of drug-likeness (QED) is 0.705. The lowest BCUT2D eigenvalue weighted by atomic mass is 9.74. The van der Waals surface area contributed by atoms with Gasteiger partial charge in [0.25, 0.3) is 0 Å². The van der Waals surface area contributed by atoms with Crippen LogP contribution in [0.1, 0.15) is 22.3 Å².